The van der Waals surface area contributed by atoms with Gasteiger partial charge in [-0.2, -0.15) is 4.31 Å². The molecule has 1 aromatic carbocycles. The van der Waals surface area contributed by atoms with Gasteiger partial charge in [-0.05, 0) is 43.0 Å². The van der Waals surface area contributed by atoms with E-state index in [1.807, 2.05) is 17.5 Å². The van der Waals surface area contributed by atoms with Crippen LogP contribution in [0.5, 0.6) is 0 Å². The zero-order valence-corrected chi connectivity index (χ0v) is 20.2. The highest BCUT2D eigenvalue weighted by Crippen LogP contribution is 2.27. The molecular weight excluding hydrogens is 454 g/mol. The molecule has 0 fully saturated rings. The Kier molecular flexibility index (Phi) is 7.52. The van der Waals surface area contributed by atoms with Gasteiger partial charge in [0.15, 0.2) is 5.82 Å². The Labute approximate surface area is 190 Å². The number of sulfonamides is 1. The second kappa shape index (κ2) is 9.94. The van der Waals surface area contributed by atoms with Crippen molar-refractivity contribution in [3.05, 3.63) is 41.3 Å². The van der Waals surface area contributed by atoms with Gasteiger partial charge in [0.05, 0.1) is 15.0 Å². The number of benzene rings is 1. The Bertz CT molecular complexity index is 1140. The van der Waals surface area contributed by atoms with E-state index < -0.39 is 15.3 Å². The smallest absolute Gasteiger partial charge is 0.243 e. The van der Waals surface area contributed by atoms with Gasteiger partial charge in [-0.25, -0.2) is 13.4 Å². The Balaban J connectivity index is 1.71. The molecule has 31 heavy (non-hydrogen) atoms. The predicted octanol–water partition coefficient (Wildman–Crippen LogP) is 3.99. The summed E-state index contributed by atoms with van der Waals surface area (Å²) >= 11 is 2.78. The summed E-state index contributed by atoms with van der Waals surface area (Å²) < 4.78 is 27.2. The fourth-order valence-electron chi connectivity index (χ4n) is 2.94. The maximum Gasteiger partial charge on any atom is 0.243 e. The van der Waals surface area contributed by atoms with E-state index in [-0.39, 0.29) is 10.8 Å². The summed E-state index contributed by atoms with van der Waals surface area (Å²) in [5, 5.41) is 11.8. The van der Waals surface area contributed by atoms with Crippen molar-refractivity contribution in [3.63, 3.8) is 0 Å². The van der Waals surface area contributed by atoms with Crippen molar-refractivity contribution in [2.45, 2.75) is 43.0 Å². The number of aromatic nitrogens is 3. The van der Waals surface area contributed by atoms with Crippen molar-refractivity contribution in [1.29, 1.82) is 0 Å². The Morgan fingerprint density at radius 2 is 2.03 bits per heavy atom. The highest BCUT2D eigenvalue weighted by molar-refractivity contribution is 8.00. The van der Waals surface area contributed by atoms with E-state index in [9.17, 15) is 13.2 Å². The number of thiophene rings is 1. The maximum absolute atomic E-state index is 12.9. The number of aryl methyl sites for hydroxylation is 1. The van der Waals surface area contributed by atoms with E-state index in [4.69, 9.17) is 0 Å². The Hall–Kier alpha value is -2.21. The zero-order valence-electron chi connectivity index (χ0n) is 17.7. The molecule has 0 radical (unpaired) electrons. The van der Waals surface area contributed by atoms with Gasteiger partial charge in [0.2, 0.25) is 21.1 Å². The molecule has 0 aliphatic rings. The lowest BCUT2D eigenvalue weighted by Gasteiger charge is -2.20. The quantitative estimate of drug-likeness (QED) is 0.449. The lowest BCUT2D eigenvalue weighted by atomic mass is 10.2. The van der Waals surface area contributed by atoms with E-state index in [1.165, 1.54) is 22.1 Å². The molecular formula is C20H25N5O3S3. The minimum atomic E-state index is -3.62. The molecule has 0 bridgehead atoms. The lowest BCUT2D eigenvalue weighted by molar-refractivity contribution is -0.115. The third-order valence-electron chi connectivity index (χ3n) is 4.65. The molecule has 0 spiro atoms. The van der Waals surface area contributed by atoms with E-state index in [0.717, 1.165) is 4.88 Å². The number of thioether (sulfide) groups is 1. The monoisotopic (exact) mass is 479 g/mol. The van der Waals surface area contributed by atoms with Gasteiger partial charge in [-0.1, -0.05) is 37.7 Å². The van der Waals surface area contributed by atoms with Crippen LogP contribution in [0.15, 0.2) is 45.8 Å². The normalized spacial score (nSPS) is 12.8. The fraction of sp³-hybridized carbons (Fsp3) is 0.350. The topological polar surface area (TPSA) is 108 Å². The summed E-state index contributed by atoms with van der Waals surface area (Å²) in [7, 11) is -3.62. The van der Waals surface area contributed by atoms with Crippen LogP contribution >= 0.6 is 23.1 Å². The molecule has 2 N–H and O–H groups in total. The van der Waals surface area contributed by atoms with Crippen LogP contribution in [0, 0.1) is 6.92 Å². The molecule has 3 rings (SSSR count). The number of rotatable bonds is 9. The molecule has 2 aromatic heterocycles. The number of nitrogens with zero attached hydrogens (tertiary/aromatic N) is 3. The van der Waals surface area contributed by atoms with Gasteiger partial charge in [0.25, 0.3) is 0 Å². The highest BCUT2D eigenvalue weighted by Gasteiger charge is 2.25. The van der Waals surface area contributed by atoms with Gasteiger partial charge < -0.3 is 5.32 Å². The number of nitrogens with one attached hydrogen (secondary N) is 2. The third-order valence-corrected chi connectivity index (χ3v) is 8.68. The number of anilines is 1. The Morgan fingerprint density at radius 3 is 2.68 bits per heavy atom. The first-order valence-corrected chi connectivity index (χ1v) is 13.0. The largest absolute Gasteiger partial charge is 0.325 e. The zero-order chi connectivity index (χ0) is 22.6. The van der Waals surface area contributed by atoms with Crippen molar-refractivity contribution in [2.75, 3.05) is 18.4 Å². The minimum Gasteiger partial charge on any atom is -0.325 e. The first-order valence-electron chi connectivity index (χ1n) is 9.80. The summed E-state index contributed by atoms with van der Waals surface area (Å²) in [6.45, 7) is 7.86. The lowest BCUT2D eigenvalue weighted by Crippen LogP contribution is -2.31. The number of hydrogen-bond acceptors (Lipinski definition) is 7. The fourth-order valence-corrected chi connectivity index (χ4v) is 6.03. The van der Waals surface area contributed by atoms with Crippen LogP contribution in [0.4, 0.5) is 5.69 Å². The summed E-state index contributed by atoms with van der Waals surface area (Å²) in [6.07, 6.45) is 0. The third kappa shape index (κ3) is 5.35. The number of carbonyl (C=O) groups excluding carboxylic acids is 1. The molecule has 0 saturated heterocycles. The van der Waals surface area contributed by atoms with Crippen LogP contribution in [-0.4, -0.2) is 52.2 Å². The van der Waals surface area contributed by atoms with Crippen LogP contribution in [0.2, 0.25) is 0 Å². The second-order valence-electron chi connectivity index (χ2n) is 6.76. The van der Waals surface area contributed by atoms with Crippen molar-refractivity contribution in [3.8, 4) is 10.7 Å². The number of amides is 1. The minimum absolute atomic E-state index is 0.198. The first kappa shape index (κ1) is 23.5. The molecule has 2 heterocycles. The molecule has 3 aromatic rings. The molecule has 11 heteroatoms. The van der Waals surface area contributed by atoms with E-state index >= 15 is 0 Å². The van der Waals surface area contributed by atoms with Crippen molar-refractivity contribution >= 4 is 44.7 Å². The molecule has 1 atom stereocenters. The molecule has 0 saturated carbocycles. The average Bonchev–Trinajstić information content (AvgIpc) is 3.41. The van der Waals surface area contributed by atoms with Crippen LogP contribution in [0.3, 0.4) is 0 Å². The SMILES string of the molecule is CCN(CC)S(=O)(=O)c1cc(NC(=O)[C@H](C)Sc2n[nH]c(-c3cccs3)n2)ccc1C. The first-order chi connectivity index (χ1) is 14.8. The van der Waals surface area contributed by atoms with Crippen LogP contribution in [0.1, 0.15) is 26.3 Å². The summed E-state index contributed by atoms with van der Waals surface area (Å²) in [6, 6.07) is 8.79. The molecule has 0 unspecified atom stereocenters. The average molecular weight is 480 g/mol. The summed E-state index contributed by atoms with van der Waals surface area (Å²) in [4.78, 5) is 18.3. The molecule has 166 valence electrons. The van der Waals surface area contributed by atoms with Gasteiger partial charge >= 0.3 is 0 Å². The van der Waals surface area contributed by atoms with Crippen LogP contribution in [0.25, 0.3) is 10.7 Å². The van der Waals surface area contributed by atoms with Crippen molar-refractivity contribution in [2.24, 2.45) is 0 Å². The summed E-state index contributed by atoms with van der Waals surface area (Å²) in [5.41, 5.74) is 1.07. The van der Waals surface area contributed by atoms with E-state index in [0.29, 0.717) is 35.3 Å². The molecule has 0 aliphatic heterocycles. The number of H-pyrrole nitrogens is 1. The standard InChI is InChI=1S/C20H25N5O3S3/c1-5-25(6-2)31(27,28)17-12-15(10-9-13(17)3)21-19(26)14(4)30-20-22-18(23-24-20)16-8-7-11-29-16/h7-12,14H,5-6H2,1-4H3,(H,21,26)(H,22,23,24)/t14-/m0/s1. The second-order valence-corrected chi connectivity index (χ2v) is 10.9. The molecule has 8 nitrogen and oxygen atoms in total. The van der Waals surface area contributed by atoms with E-state index in [1.54, 1.807) is 51.2 Å². The highest BCUT2D eigenvalue weighted by atomic mass is 32.2. The molecule has 0 aliphatic carbocycles. The predicted molar refractivity (Wildman–Crippen MR) is 125 cm³/mol. The van der Waals surface area contributed by atoms with Gasteiger partial charge in [-0.15, -0.1) is 16.4 Å². The number of aromatic amines is 1. The number of hydrogen-bond donors (Lipinski definition) is 2. The van der Waals surface area contributed by atoms with E-state index in [2.05, 4.69) is 20.5 Å². The van der Waals surface area contributed by atoms with Crippen LogP contribution in [-0.2, 0) is 14.8 Å². The van der Waals surface area contributed by atoms with Crippen LogP contribution < -0.4 is 5.32 Å². The summed E-state index contributed by atoms with van der Waals surface area (Å²) in [5.74, 6) is 0.400. The van der Waals surface area contributed by atoms with Gasteiger partial charge in [-0.3, -0.25) is 9.89 Å². The molecule has 1 amide bonds. The van der Waals surface area contributed by atoms with Crippen molar-refractivity contribution in [1.82, 2.24) is 19.5 Å². The Morgan fingerprint density at radius 1 is 1.29 bits per heavy atom. The van der Waals surface area contributed by atoms with Gasteiger partial charge in [0.1, 0.15) is 0 Å². The maximum atomic E-state index is 12.9. The van der Waals surface area contributed by atoms with Crippen molar-refractivity contribution < 1.29 is 13.2 Å². The van der Waals surface area contributed by atoms with Gasteiger partial charge in [0, 0.05) is 18.8 Å². The number of carbonyl (C=O) groups is 1.